The molecule has 0 bridgehead atoms. The van der Waals surface area contributed by atoms with Gasteiger partial charge in [0.1, 0.15) is 5.82 Å². The second-order valence-electron chi connectivity index (χ2n) is 4.63. The van der Waals surface area contributed by atoms with Crippen molar-refractivity contribution in [1.82, 2.24) is 0 Å². The monoisotopic (exact) mass is 226 g/mol. The summed E-state index contributed by atoms with van der Waals surface area (Å²) in [4.78, 5) is 0. The Morgan fingerprint density at radius 2 is 1.87 bits per heavy atom. The van der Waals surface area contributed by atoms with Crippen LogP contribution in [0.3, 0.4) is 0 Å². The van der Waals surface area contributed by atoms with Gasteiger partial charge in [-0.05, 0) is 42.4 Å². The van der Waals surface area contributed by atoms with Gasteiger partial charge in [-0.1, -0.05) is 37.4 Å². The second-order valence-corrected chi connectivity index (χ2v) is 5.04. The lowest BCUT2D eigenvalue weighted by atomic mass is 9.79. The molecule has 15 heavy (non-hydrogen) atoms. The Hall–Kier alpha value is -0.560. The molecule has 2 heteroatoms. The molecule has 2 rings (SSSR count). The number of halogens is 2. The number of rotatable bonds is 1. The first-order valence-electron chi connectivity index (χ1n) is 5.62. The van der Waals surface area contributed by atoms with E-state index in [0.717, 1.165) is 11.5 Å². The summed E-state index contributed by atoms with van der Waals surface area (Å²) in [5.41, 5.74) is 1.11. The van der Waals surface area contributed by atoms with E-state index in [9.17, 15) is 4.39 Å². The molecular formula is C13H16ClF. The molecule has 0 amide bonds. The molecule has 0 radical (unpaired) electrons. The molecule has 0 aromatic heterocycles. The van der Waals surface area contributed by atoms with Crippen molar-refractivity contribution in [3.63, 3.8) is 0 Å². The molecule has 0 saturated heterocycles. The Morgan fingerprint density at radius 3 is 2.47 bits per heavy atom. The van der Waals surface area contributed by atoms with Crippen LogP contribution in [0.1, 0.15) is 44.1 Å². The van der Waals surface area contributed by atoms with E-state index in [2.05, 4.69) is 6.92 Å². The molecule has 0 unspecified atom stereocenters. The van der Waals surface area contributed by atoms with Gasteiger partial charge in [-0.2, -0.15) is 0 Å². The van der Waals surface area contributed by atoms with Crippen LogP contribution in [0, 0.1) is 11.7 Å². The van der Waals surface area contributed by atoms with E-state index in [4.69, 9.17) is 11.6 Å². The van der Waals surface area contributed by atoms with Gasteiger partial charge in [-0.25, -0.2) is 4.39 Å². The van der Waals surface area contributed by atoms with Gasteiger partial charge in [0.25, 0.3) is 0 Å². The number of benzene rings is 1. The van der Waals surface area contributed by atoms with Gasteiger partial charge in [0, 0.05) is 0 Å². The van der Waals surface area contributed by atoms with Crippen LogP contribution in [-0.4, -0.2) is 0 Å². The van der Waals surface area contributed by atoms with Gasteiger partial charge in [-0.3, -0.25) is 0 Å². The van der Waals surface area contributed by atoms with E-state index in [1.165, 1.54) is 25.7 Å². The molecule has 0 heterocycles. The fourth-order valence-corrected chi connectivity index (χ4v) is 2.48. The fraction of sp³-hybridized carbons (Fsp3) is 0.538. The maximum Gasteiger partial charge on any atom is 0.142 e. The zero-order valence-corrected chi connectivity index (χ0v) is 9.73. The SMILES string of the molecule is CC1CCC(c2ccc(Cl)c(F)c2)CC1. The first-order chi connectivity index (χ1) is 7.16. The Balaban J connectivity index is 2.12. The second kappa shape index (κ2) is 4.52. The number of hydrogen-bond donors (Lipinski definition) is 0. The summed E-state index contributed by atoms with van der Waals surface area (Å²) in [6.07, 6.45) is 4.88. The smallest absolute Gasteiger partial charge is 0.142 e. The van der Waals surface area contributed by atoms with Crippen LogP contribution < -0.4 is 0 Å². The first-order valence-corrected chi connectivity index (χ1v) is 5.99. The quantitative estimate of drug-likeness (QED) is 0.647. The zero-order chi connectivity index (χ0) is 10.8. The highest BCUT2D eigenvalue weighted by atomic mass is 35.5. The summed E-state index contributed by atoms with van der Waals surface area (Å²) < 4.78 is 13.3. The van der Waals surface area contributed by atoms with Crippen molar-refractivity contribution in [2.75, 3.05) is 0 Å². The molecule has 1 aromatic carbocycles. The Morgan fingerprint density at radius 1 is 1.20 bits per heavy atom. The minimum Gasteiger partial charge on any atom is -0.205 e. The van der Waals surface area contributed by atoms with E-state index < -0.39 is 0 Å². The van der Waals surface area contributed by atoms with Crippen LogP contribution >= 0.6 is 11.6 Å². The van der Waals surface area contributed by atoms with Crippen molar-refractivity contribution < 1.29 is 4.39 Å². The zero-order valence-electron chi connectivity index (χ0n) is 8.97. The third-order valence-corrected chi connectivity index (χ3v) is 3.74. The van der Waals surface area contributed by atoms with Crippen LogP contribution in [0.2, 0.25) is 5.02 Å². The molecule has 0 aliphatic heterocycles. The van der Waals surface area contributed by atoms with Crippen molar-refractivity contribution in [2.24, 2.45) is 5.92 Å². The summed E-state index contributed by atoms with van der Waals surface area (Å²) in [6, 6.07) is 5.24. The van der Waals surface area contributed by atoms with Gasteiger partial charge in [0.05, 0.1) is 5.02 Å². The molecule has 82 valence electrons. The maximum atomic E-state index is 13.3. The molecule has 0 nitrogen and oxygen atoms in total. The lowest BCUT2D eigenvalue weighted by Gasteiger charge is -2.26. The third-order valence-electron chi connectivity index (χ3n) is 3.43. The molecule has 1 aromatic rings. The van der Waals surface area contributed by atoms with Crippen LogP contribution in [0.25, 0.3) is 0 Å². The third kappa shape index (κ3) is 2.52. The van der Waals surface area contributed by atoms with Crippen molar-refractivity contribution in [1.29, 1.82) is 0 Å². The van der Waals surface area contributed by atoms with Crippen LogP contribution in [0.5, 0.6) is 0 Å². The summed E-state index contributed by atoms with van der Waals surface area (Å²) in [5, 5.41) is 0.225. The van der Waals surface area contributed by atoms with Crippen LogP contribution in [0.15, 0.2) is 18.2 Å². The Labute approximate surface area is 95.4 Å². The molecule has 1 aliphatic rings. The minimum atomic E-state index is -0.284. The molecule has 0 atom stereocenters. The fourth-order valence-electron chi connectivity index (χ4n) is 2.36. The predicted octanol–water partition coefficient (Wildman–Crippen LogP) is 4.77. The van der Waals surface area contributed by atoms with E-state index in [0.29, 0.717) is 5.92 Å². The number of hydrogen-bond acceptors (Lipinski definition) is 0. The van der Waals surface area contributed by atoms with Gasteiger partial charge in [0.2, 0.25) is 0 Å². The van der Waals surface area contributed by atoms with Crippen molar-refractivity contribution in [3.8, 4) is 0 Å². The molecular weight excluding hydrogens is 211 g/mol. The highest BCUT2D eigenvalue weighted by Crippen LogP contribution is 2.36. The summed E-state index contributed by atoms with van der Waals surface area (Å²) in [5.74, 6) is 1.08. The van der Waals surface area contributed by atoms with E-state index >= 15 is 0 Å². The topological polar surface area (TPSA) is 0 Å². The molecule has 1 saturated carbocycles. The summed E-state index contributed by atoms with van der Waals surface area (Å²) in [6.45, 7) is 2.29. The molecule has 1 fully saturated rings. The molecule has 1 aliphatic carbocycles. The predicted molar refractivity (Wildman–Crippen MR) is 61.8 cm³/mol. The summed E-state index contributed by atoms with van der Waals surface area (Å²) >= 11 is 5.67. The largest absolute Gasteiger partial charge is 0.205 e. The van der Waals surface area contributed by atoms with Crippen molar-refractivity contribution >= 4 is 11.6 Å². The highest BCUT2D eigenvalue weighted by Gasteiger charge is 2.20. The van der Waals surface area contributed by atoms with Gasteiger partial charge in [-0.15, -0.1) is 0 Å². The molecule has 0 spiro atoms. The van der Waals surface area contributed by atoms with Gasteiger partial charge in [0.15, 0.2) is 0 Å². The lowest BCUT2D eigenvalue weighted by Crippen LogP contribution is -2.10. The van der Waals surface area contributed by atoms with E-state index in [1.54, 1.807) is 12.1 Å². The Kier molecular flexibility index (Phi) is 3.30. The van der Waals surface area contributed by atoms with Crippen molar-refractivity contribution in [3.05, 3.63) is 34.6 Å². The Bertz CT molecular complexity index is 340. The van der Waals surface area contributed by atoms with Crippen molar-refractivity contribution in [2.45, 2.75) is 38.5 Å². The van der Waals surface area contributed by atoms with Gasteiger partial charge < -0.3 is 0 Å². The minimum absolute atomic E-state index is 0.225. The normalized spacial score (nSPS) is 26.6. The average Bonchev–Trinajstić information content (AvgIpc) is 2.23. The first kappa shape index (κ1) is 10.9. The van der Waals surface area contributed by atoms with Crippen LogP contribution in [-0.2, 0) is 0 Å². The maximum absolute atomic E-state index is 13.3. The average molecular weight is 227 g/mol. The standard InChI is InChI=1S/C13H16ClF/c1-9-2-4-10(5-3-9)11-6-7-12(14)13(15)8-11/h6-10H,2-5H2,1H3. The lowest BCUT2D eigenvalue weighted by molar-refractivity contribution is 0.347. The highest BCUT2D eigenvalue weighted by molar-refractivity contribution is 6.30. The molecule has 0 N–H and O–H groups in total. The summed E-state index contributed by atoms with van der Waals surface area (Å²) in [7, 11) is 0. The van der Waals surface area contributed by atoms with E-state index in [1.807, 2.05) is 6.07 Å². The van der Waals surface area contributed by atoms with Gasteiger partial charge >= 0.3 is 0 Å². The van der Waals surface area contributed by atoms with Crippen LogP contribution in [0.4, 0.5) is 4.39 Å². The van der Waals surface area contributed by atoms with E-state index in [-0.39, 0.29) is 10.8 Å².